The second-order valence-electron chi connectivity index (χ2n) is 5.38. The summed E-state index contributed by atoms with van der Waals surface area (Å²) in [6.07, 6.45) is 6.47. The largest absolute Gasteiger partial charge is 0.465 e. The van der Waals surface area contributed by atoms with Gasteiger partial charge in [-0.1, -0.05) is 12.1 Å². The fourth-order valence-corrected chi connectivity index (χ4v) is 2.20. The number of hydrogen-bond donors (Lipinski definition) is 1. The highest BCUT2D eigenvalue weighted by atomic mass is 16.5. The molecule has 1 aromatic heterocycles. The van der Waals surface area contributed by atoms with E-state index in [4.69, 9.17) is 0 Å². The van der Waals surface area contributed by atoms with E-state index in [1.807, 2.05) is 18.5 Å². The van der Waals surface area contributed by atoms with E-state index in [0.29, 0.717) is 11.6 Å². The molecule has 3 rings (SSSR count). The maximum Gasteiger partial charge on any atom is 0.337 e. The highest BCUT2D eigenvalue weighted by Gasteiger charge is 2.20. The molecule has 2 aromatic rings. The molecule has 1 aromatic carbocycles. The van der Waals surface area contributed by atoms with E-state index >= 15 is 0 Å². The minimum absolute atomic E-state index is 0.308. The number of nitrogens with one attached hydrogen (secondary N) is 1. The van der Waals surface area contributed by atoms with Crippen LogP contribution in [-0.2, 0) is 17.8 Å². The molecule has 1 aliphatic rings. The van der Waals surface area contributed by atoms with Crippen molar-refractivity contribution in [3.05, 3.63) is 53.6 Å². The zero-order chi connectivity index (χ0) is 14.7. The molecule has 0 atom stereocenters. The molecule has 0 amide bonds. The van der Waals surface area contributed by atoms with Crippen molar-refractivity contribution in [1.29, 1.82) is 0 Å². The molecule has 1 N–H and O–H groups in total. The number of aromatic nitrogens is 2. The summed E-state index contributed by atoms with van der Waals surface area (Å²) in [5.74, 6) is -0.308. The number of nitrogens with zero attached hydrogens (tertiary/aromatic N) is 2. The van der Waals surface area contributed by atoms with Crippen LogP contribution >= 0.6 is 0 Å². The Balaban J connectivity index is 1.59. The van der Waals surface area contributed by atoms with Crippen LogP contribution in [0.1, 0.15) is 34.5 Å². The Morgan fingerprint density at radius 1 is 1.38 bits per heavy atom. The Bertz CT molecular complexity index is 615. The lowest BCUT2D eigenvalue weighted by molar-refractivity contribution is 0.0600. The summed E-state index contributed by atoms with van der Waals surface area (Å²) in [7, 11) is 1.39. The molecule has 1 heterocycles. The second kappa shape index (κ2) is 6.10. The van der Waals surface area contributed by atoms with Crippen molar-refractivity contribution in [1.82, 2.24) is 14.9 Å². The molecule has 21 heavy (non-hydrogen) atoms. The number of imidazole rings is 1. The van der Waals surface area contributed by atoms with Crippen LogP contribution in [0.3, 0.4) is 0 Å². The van der Waals surface area contributed by atoms with E-state index in [0.717, 1.165) is 24.3 Å². The lowest BCUT2D eigenvalue weighted by Gasteiger charge is -2.04. The summed E-state index contributed by atoms with van der Waals surface area (Å²) in [5, 5.41) is 3.45. The van der Waals surface area contributed by atoms with Crippen LogP contribution in [-0.4, -0.2) is 28.7 Å². The zero-order valence-corrected chi connectivity index (χ0v) is 12.1. The van der Waals surface area contributed by atoms with Crippen LogP contribution in [0.5, 0.6) is 0 Å². The maximum atomic E-state index is 11.4. The van der Waals surface area contributed by atoms with Crippen LogP contribution in [0.2, 0.25) is 0 Å². The highest BCUT2D eigenvalue weighted by molar-refractivity contribution is 5.89. The van der Waals surface area contributed by atoms with E-state index in [-0.39, 0.29) is 5.97 Å². The number of esters is 1. The third-order valence-electron chi connectivity index (χ3n) is 3.58. The summed E-state index contributed by atoms with van der Waals surface area (Å²) in [6.45, 7) is 1.58. The van der Waals surface area contributed by atoms with Gasteiger partial charge in [0.25, 0.3) is 0 Å². The van der Waals surface area contributed by atoms with Gasteiger partial charge in [0, 0.05) is 25.3 Å². The van der Waals surface area contributed by atoms with Gasteiger partial charge in [0.05, 0.1) is 24.7 Å². The van der Waals surface area contributed by atoms with Crippen LogP contribution in [0.4, 0.5) is 0 Å². The predicted molar refractivity (Wildman–Crippen MR) is 79.0 cm³/mol. The van der Waals surface area contributed by atoms with Crippen molar-refractivity contribution in [2.24, 2.45) is 0 Å². The van der Waals surface area contributed by atoms with Gasteiger partial charge in [-0.05, 0) is 30.5 Å². The number of carbonyl (C=O) groups excluding carboxylic acids is 1. The molecule has 0 saturated heterocycles. The fourth-order valence-electron chi connectivity index (χ4n) is 2.20. The number of benzene rings is 1. The van der Waals surface area contributed by atoms with Crippen molar-refractivity contribution in [2.45, 2.75) is 32.0 Å². The Labute approximate surface area is 124 Å². The summed E-state index contributed by atoms with van der Waals surface area (Å²) in [5.41, 5.74) is 2.76. The molecular weight excluding hydrogens is 266 g/mol. The van der Waals surface area contributed by atoms with Gasteiger partial charge in [0.1, 0.15) is 0 Å². The van der Waals surface area contributed by atoms with Crippen LogP contribution < -0.4 is 5.32 Å². The third kappa shape index (κ3) is 3.70. The molecule has 110 valence electrons. The van der Waals surface area contributed by atoms with Gasteiger partial charge in [-0.25, -0.2) is 9.78 Å². The Hall–Kier alpha value is -2.14. The molecule has 0 bridgehead atoms. The molecule has 1 fully saturated rings. The minimum atomic E-state index is -0.308. The molecule has 0 aliphatic heterocycles. The van der Waals surface area contributed by atoms with E-state index in [2.05, 4.69) is 25.8 Å². The maximum absolute atomic E-state index is 11.4. The van der Waals surface area contributed by atoms with Gasteiger partial charge in [-0.3, -0.25) is 0 Å². The second-order valence-corrected chi connectivity index (χ2v) is 5.38. The Morgan fingerprint density at radius 2 is 2.14 bits per heavy atom. The average molecular weight is 285 g/mol. The first-order chi connectivity index (χ1) is 10.2. The van der Waals surface area contributed by atoms with Crippen molar-refractivity contribution < 1.29 is 9.53 Å². The summed E-state index contributed by atoms with van der Waals surface area (Å²) in [4.78, 5) is 15.8. The van der Waals surface area contributed by atoms with Crippen LogP contribution in [0.25, 0.3) is 0 Å². The first-order valence-corrected chi connectivity index (χ1v) is 7.16. The molecule has 5 heteroatoms. The van der Waals surface area contributed by atoms with E-state index in [9.17, 15) is 4.79 Å². The summed E-state index contributed by atoms with van der Waals surface area (Å²) < 4.78 is 6.74. The number of ether oxygens (including phenoxy) is 1. The van der Waals surface area contributed by atoms with Crippen LogP contribution in [0.15, 0.2) is 36.8 Å². The molecule has 5 nitrogen and oxygen atoms in total. The van der Waals surface area contributed by atoms with Gasteiger partial charge in [0.15, 0.2) is 0 Å². The quantitative estimate of drug-likeness (QED) is 0.824. The first kappa shape index (κ1) is 13.8. The lowest BCUT2D eigenvalue weighted by Crippen LogP contribution is -2.15. The van der Waals surface area contributed by atoms with Gasteiger partial charge < -0.3 is 14.6 Å². The van der Waals surface area contributed by atoms with E-state index < -0.39 is 0 Å². The van der Waals surface area contributed by atoms with Crippen molar-refractivity contribution >= 4 is 5.97 Å². The van der Waals surface area contributed by atoms with E-state index in [1.54, 1.807) is 12.1 Å². The SMILES string of the molecule is COC(=O)c1ccc(Cn2cnc(CNC3CC3)c2)cc1. The summed E-state index contributed by atoms with van der Waals surface area (Å²) >= 11 is 0. The van der Waals surface area contributed by atoms with E-state index in [1.165, 1.54) is 20.0 Å². The number of rotatable bonds is 6. The van der Waals surface area contributed by atoms with Gasteiger partial charge in [-0.15, -0.1) is 0 Å². The highest BCUT2D eigenvalue weighted by Crippen LogP contribution is 2.19. The normalized spacial score (nSPS) is 14.1. The zero-order valence-electron chi connectivity index (χ0n) is 12.1. The van der Waals surface area contributed by atoms with Crippen molar-refractivity contribution in [3.8, 4) is 0 Å². The smallest absolute Gasteiger partial charge is 0.337 e. The number of methoxy groups -OCH3 is 1. The monoisotopic (exact) mass is 285 g/mol. The Kier molecular flexibility index (Phi) is 4.01. The van der Waals surface area contributed by atoms with Gasteiger partial charge in [0.2, 0.25) is 0 Å². The lowest BCUT2D eigenvalue weighted by atomic mass is 10.1. The average Bonchev–Trinajstić information content (AvgIpc) is 3.25. The molecule has 0 radical (unpaired) electrons. The number of carbonyl (C=O) groups is 1. The number of hydrogen-bond acceptors (Lipinski definition) is 4. The molecule has 1 saturated carbocycles. The molecular formula is C16H19N3O2. The first-order valence-electron chi connectivity index (χ1n) is 7.16. The van der Waals surface area contributed by atoms with Crippen LogP contribution in [0, 0.1) is 0 Å². The third-order valence-corrected chi connectivity index (χ3v) is 3.58. The summed E-state index contributed by atoms with van der Waals surface area (Å²) in [6, 6.07) is 8.14. The Morgan fingerprint density at radius 3 is 2.81 bits per heavy atom. The molecule has 0 spiro atoms. The predicted octanol–water partition coefficient (Wildman–Crippen LogP) is 1.97. The molecule has 0 unspecified atom stereocenters. The standard InChI is InChI=1S/C16H19N3O2/c1-21-16(20)13-4-2-12(3-5-13)9-19-10-15(18-11-19)8-17-14-6-7-14/h2-5,10-11,14,17H,6-9H2,1H3. The minimum Gasteiger partial charge on any atom is -0.465 e. The molecule has 1 aliphatic carbocycles. The van der Waals surface area contributed by atoms with Crippen molar-refractivity contribution in [3.63, 3.8) is 0 Å². The van der Waals surface area contributed by atoms with Gasteiger partial charge in [-0.2, -0.15) is 0 Å². The fraction of sp³-hybridized carbons (Fsp3) is 0.375. The van der Waals surface area contributed by atoms with Crippen molar-refractivity contribution in [2.75, 3.05) is 7.11 Å². The van der Waals surface area contributed by atoms with Gasteiger partial charge >= 0.3 is 5.97 Å². The topological polar surface area (TPSA) is 56.2 Å².